The number of unbranched alkanes of at least 4 members (excludes halogenated alkanes) is 1. The van der Waals surface area contributed by atoms with E-state index in [0.717, 1.165) is 24.0 Å². The third kappa shape index (κ3) is 9.29. The van der Waals surface area contributed by atoms with E-state index >= 15 is 0 Å². The number of benzene rings is 3. The van der Waals surface area contributed by atoms with Crippen LogP contribution in [0.1, 0.15) is 51.1 Å². The molecule has 13 nitrogen and oxygen atoms in total. The Morgan fingerprint density at radius 2 is 1.65 bits per heavy atom. The number of imidazole rings is 1. The number of aryl methyl sites for hydroxylation is 3. The fraction of sp³-hybridized carbons (Fsp3) is 0.303. The Hall–Kier alpha value is -5.43. The van der Waals surface area contributed by atoms with Gasteiger partial charge in [-0.2, -0.15) is 0 Å². The van der Waals surface area contributed by atoms with Crippen molar-refractivity contribution in [2.45, 2.75) is 39.2 Å². The summed E-state index contributed by atoms with van der Waals surface area (Å²) in [5.41, 5.74) is 20.6. The van der Waals surface area contributed by atoms with Crippen molar-refractivity contribution in [3.8, 4) is 0 Å². The minimum Gasteiger partial charge on any atom is -0.370 e. The second-order valence-corrected chi connectivity index (χ2v) is 10.8. The smallest absolute Gasteiger partial charge is 0.319 e. The summed E-state index contributed by atoms with van der Waals surface area (Å²) in [6, 6.07) is 20.0. The molecule has 1 heterocycles. The van der Waals surface area contributed by atoms with Crippen molar-refractivity contribution in [2.75, 3.05) is 36.8 Å². The predicted molar refractivity (Wildman–Crippen MR) is 182 cm³/mol. The third-order valence-corrected chi connectivity index (χ3v) is 7.28. The van der Waals surface area contributed by atoms with Crippen LogP contribution in [0.5, 0.6) is 0 Å². The number of hydrogen-bond acceptors (Lipinski definition) is 6. The summed E-state index contributed by atoms with van der Waals surface area (Å²) in [4.78, 5) is 47.9. The minimum atomic E-state index is -0.415. The average molecular weight is 627 g/mol. The van der Waals surface area contributed by atoms with Gasteiger partial charge in [0.15, 0.2) is 5.96 Å². The van der Waals surface area contributed by atoms with Crippen molar-refractivity contribution >= 4 is 46.5 Å². The summed E-state index contributed by atoms with van der Waals surface area (Å²) in [5.74, 6) is -0.315. The van der Waals surface area contributed by atoms with Crippen LogP contribution in [0.3, 0.4) is 0 Å². The van der Waals surface area contributed by atoms with Gasteiger partial charge in [0.2, 0.25) is 5.95 Å². The van der Waals surface area contributed by atoms with Gasteiger partial charge in [0.25, 0.3) is 11.8 Å². The summed E-state index contributed by atoms with van der Waals surface area (Å²) >= 11 is 0. The van der Waals surface area contributed by atoms with Crippen LogP contribution in [0.15, 0.2) is 71.7 Å². The molecule has 0 aliphatic carbocycles. The molecule has 0 atom stereocenters. The van der Waals surface area contributed by atoms with Crippen molar-refractivity contribution in [1.82, 2.24) is 20.2 Å². The van der Waals surface area contributed by atoms with Crippen molar-refractivity contribution in [3.63, 3.8) is 0 Å². The number of para-hydroxylation sites is 1. The van der Waals surface area contributed by atoms with Crippen LogP contribution in [0, 0.1) is 6.92 Å². The number of nitrogens with one attached hydrogen (secondary N) is 4. The maximum absolute atomic E-state index is 13.6. The van der Waals surface area contributed by atoms with Gasteiger partial charge in [-0.1, -0.05) is 42.5 Å². The monoisotopic (exact) mass is 626 g/mol. The van der Waals surface area contributed by atoms with Gasteiger partial charge in [0.1, 0.15) is 0 Å². The molecular weight excluding hydrogens is 584 g/mol. The van der Waals surface area contributed by atoms with Crippen LogP contribution in [0.4, 0.5) is 16.4 Å². The standard InChI is InChI=1S/C33H42N10O3/c1-22-13-14-24(21-27(22)41-33(46)39-19-8-18-38-31(35)36)29(44)42-32-40-26-12-7-11-25(30(45)37-17-6-5-16-34)28(26)43(32)20-15-23-9-3-2-4-10-23/h2-4,7,9-14,21H,5-6,8,15-20,34H2,1H3,(H,37,45)(H4,35,36,38)(H2,39,41,46)(H,40,42,44). The molecule has 0 radical (unpaired) electrons. The number of carbonyl (C=O) groups is 3. The zero-order chi connectivity index (χ0) is 32.9. The average Bonchev–Trinajstić information content (AvgIpc) is 3.40. The van der Waals surface area contributed by atoms with Gasteiger partial charge >= 0.3 is 6.03 Å². The zero-order valence-electron chi connectivity index (χ0n) is 26.0. The molecule has 4 rings (SSSR count). The van der Waals surface area contributed by atoms with Gasteiger partial charge in [-0.15, -0.1) is 0 Å². The molecule has 0 fully saturated rings. The molecule has 3 aromatic carbocycles. The highest BCUT2D eigenvalue weighted by Gasteiger charge is 2.20. The van der Waals surface area contributed by atoms with Gasteiger partial charge < -0.3 is 37.7 Å². The maximum atomic E-state index is 13.6. The predicted octanol–water partition coefficient (Wildman–Crippen LogP) is 3.09. The van der Waals surface area contributed by atoms with Gasteiger partial charge in [0, 0.05) is 37.4 Å². The lowest BCUT2D eigenvalue weighted by Crippen LogP contribution is -2.30. The number of aromatic nitrogens is 2. The number of amides is 4. The van der Waals surface area contributed by atoms with Gasteiger partial charge in [0.05, 0.1) is 16.6 Å². The number of nitrogens with zero attached hydrogens (tertiary/aromatic N) is 3. The fourth-order valence-electron chi connectivity index (χ4n) is 4.86. The van der Waals surface area contributed by atoms with Gasteiger partial charge in [-0.3, -0.25) is 19.9 Å². The van der Waals surface area contributed by atoms with E-state index in [-0.39, 0.29) is 11.9 Å². The summed E-state index contributed by atoms with van der Waals surface area (Å²) in [5, 5.41) is 11.5. The van der Waals surface area contributed by atoms with Crippen LogP contribution in [-0.2, 0) is 13.0 Å². The second kappa shape index (κ2) is 16.6. The first-order valence-corrected chi connectivity index (χ1v) is 15.3. The number of urea groups is 1. The van der Waals surface area contributed by atoms with Gasteiger partial charge in [-0.25, -0.2) is 9.78 Å². The molecule has 0 bridgehead atoms. The number of hydrogen-bond donors (Lipinski definition) is 7. The highest BCUT2D eigenvalue weighted by molar-refractivity contribution is 6.08. The Balaban J connectivity index is 1.56. The molecule has 4 amide bonds. The van der Waals surface area contributed by atoms with Crippen molar-refractivity contribution in [2.24, 2.45) is 22.2 Å². The second-order valence-electron chi connectivity index (χ2n) is 10.8. The number of fused-ring (bicyclic) bond motifs is 1. The molecule has 0 aliphatic heterocycles. The van der Waals surface area contributed by atoms with E-state index in [9.17, 15) is 14.4 Å². The Kier molecular flexibility index (Phi) is 12.1. The maximum Gasteiger partial charge on any atom is 0.319 e. The Labute approximate surface area is 268 Å². The molecule has 0 spiro atoms. The highest BCUT2D eigenvalue weighted by atomic mass is 16.2. The number of carbonyl (C=O) groups excluding carboxylic acids is 3. The molecule has 46 heavy (non-hydrogen) atoms. The van der Waals surface area contributed by atoms with Crippen LogP contribution >= 0.6 is 0 Å². The first kappa shape index (κ1) is 33.5. The molecule has 1 aromatic heterocycles. The summed E-state index contributed by atoms with van der Waals surface area (Å²) < 4.78 is 1.87. The largest absolute Gasteiger partial charge is 0.370 e. The normalized spacial score (nSPS) is 10.7. The lowest BCUT2D eigenvalue weighted by molar-refractivity contribution is 0.0953. The van der Waals surface area contributed by atoms with E-state index in [2.05, 4.69) is 26.3 Å². The number of guanidine groups is 1. The first-order chi connectivity index (χ1) is 22.3. The van der Waals surface area contributed by atoms with Crippen LogP contribution in [0.2, 0.25) is 0 Å². The van der Waals surface area contributed by atoms with Crippen LogP contribution in [0.25, 0.3) is 11.0 Å². The number of nitrogens with two attached hydrogens (primary N) is 3. The van der Waals surface area contributed by atoms with Crippen molar-refractivity contribution in [1.29, 1.82) is 0 Å². The molecule has 13 heteroatoms. The Morgan fingerprint density at radius 3 is 2.41 bits per heavy atom. The Bertz CT molecular complexity index is 1680. The summed E-state index contributed by atoms with van der Waals surface area (Å²) in [6.07, 6.45) is 2.82. The molecule has 10 N–H and O–H groups in total. The SMILES string of the molecule is Cc1ccc(C(=O)Nc2nc3cccc(C(=O)NCCCCN)c3n2CCc2ccccc2)cc1NC(=O)NCCCN=C(N)N. The highest BCUT2D eigenvalue weighted by Crippen LogP contribution is 2.26. The molecule has 0 saturated heterocycles. The molecule has 4 aromatic rings. The van der Waals surface area contributed by atoms with Crippen molar-refractivity contribution in [3.05, 3.63) is 89.0 Å². The summed E-state index contributed by atoms with van der Waals surface area (Å²) in [7, 11) is 0. The summed E-state index contributed by atoms with van der Waals surface area (Å²) in [6.45, 7) is 4.14. The van der Waals surface area contributed by atoms with E-state index in [1.54, 1.807) is 30.3 Å². The Morgan fingerprint density at radius 1 is 0.870 bits per heavy atom. The first-order valence-electron chi connectivity index (χ1n) is 15.3. The van der Waals surface area contributed by atoms with Crippen LogP contribution in [-0.4, -0.2) is 59.5 Å². The topological polar surface area (TPSA) is 208 Å². The number of aliphatic imine (C=N–C) groups is 1. The fourth-order valence-corrected chi connectivity index (χ4v) is 4.86. The lowest BCUT2D eigenvalue weighted by Gasteiger charge is -2.14. The molecule has 242 valence electrons. The van der Waals surface area contributed by atoms with E-state index in [0.29, 0.717) is 79.4 Å². The van der Waals surface area contributed by atoms with Crippen molar-refractivity contribution < 1.29 is 14.4 Å². The van der Waals surface area contributed by atoms with E-state index in [1.165, 1.54) is 0 Å². The number of anilines is 2. The minimum absolute atomic E-state index is 0.00178. The van der Waals surface area contributed by atoms with Crippen LogP contribution < -0.4 is 38.5 Å². The molecule has 0 saturated carbocycles. The molecule has 0 unspecified atom stereocenters. The third-order valence-electron chi connectivity index (χ3n) is 7.28. The lowest BCUT2D eigenvalue weighted by atomic mass is 10.1. The quantitative estimate of drug-likeness (QED) is 0.0595. The van der Waals surface area contributed by atoms with E-state index in [4.69, 9.17) is 22.2 Å². The number of rotatable bonds is 15. The molecule has 0 aliphatic rings. The molecular formula is C33H42N10O3. The zero-order valence-corrected chi connectivity index (χ0v) is 26.0. The van der Waals surface area contributed by atoms with E-state index in [1.807, 2.05) is 47.9 Å². The van der Waals surface area contributed by atoms with Gasteiger partial charge in [-0.05, 0) is 74.5 Å². The van der Waals surface area contributed by atoms with E-state index < -0.39 is 11.9 Å².